The van der Waals surface area contributed by atoms with Crippen molar-refractivity contribution in [3.63, 3.8) is 0 Å². The summed E-state index contributed by atoms with van der Waals surface area (Å²) in [5.74, 6) is -0.690. The van der Waals surface area contributed by atoms with Crippen LogP contribution in [-0.2, 0) is 4.79 Å². The Balaban J connectivity index is 1.49. The summed E-state index contributed by atoms with van der Waals surface area (Å²) in [7, 11) is 0. The molecule has 0 radical (unpaired) electrons. The molecule has 158 valence electrons. The third-order valence-corrected chi connectivity index (χ3v) is 5.33. The van der Waals surface area contributed by atoms with Crippen LogP contribution >= 0.6 is 11.3 Å². The zero-order valence-corrected chi connectivity index (χ0v) is 17.3. The standard InChI is InChI=1S/C22H15FN6O2S/c1-2-20(30)25-13-5-7-15(23)18(10-13)31-21-17-4-3-9-29(17)28-22(27-21)26-14-6-8-16-19(11-14)32-12-24-16/h2-12H,1H2,(H,25,30)(H,26,28). The van der Waals surface area contributed by atoms with Crippen molar-refractivity contribution in [3.05, 3.63) is 78.7 Å². The number of aromatic nitrogens is 4. The molecular formula is C22H15FN6O2S. The molecule has 0 aliphatic carbocycles. The summed E-state index contributed by atoms with van der Waals surface area (Å²) in [4.78, 5) is 20.3. The summed E-state index contributed by atoms with van der Waals surface area (Å²) in [5.41, 5.74) is 4.38. The number of hydrogen-bond acceptors (Lipinski definition) is 7. The largest absolute Gasteiger partial charge is 0.434 e. The van der Waals surface area contributed by atoms with Gasteiger partial charge in [0.05, 0.1) is 15.7 Å². The van der Waals surface area contributed by atoms with E-state index in [1.54, 1.807) is 28.4 Å². The summed E-state index contributed by atoms with van der Waals surface area (Å²) >= 11 is 1.53. The van der Waals surface area contributed by atoms with Gasteiger partial charge in [0.15, 0.2) is 11.6 Å². The number of halogens is 1. The number of benzene rings is 2. The number of amides is 1. The predicted octanol–water partition coefficient (Wildman–Crippen LogP) is 5.14. The molecule has 5 aromatic rings. The number of rotatable bonds is 6. The Labute approximate surface area is 185 Å². The van der Waals surface area contributed by atoms with E-state index in [4.69, 9.17) is 4.74 Å². The highest BCUT2D eigenvalue weighted by Crippen LogP contribution is 2.30. The molecule has 0 atom stereocenters. The quantitative estimate of drug-likeness (QED) is 0.351. The van der Waals surface area contributed by atoms with Crippen LogP contribution in [0.1, 0.15) is 0 Å². The number of carbonyl (C=O) groups excluding carboxylic acids is 1. The summed E-state index contributed by atoms with van der Waals surface area (Å²) in [6, 6.07) is 13.3. The lowest BCUT2D eigenvalue weighted by Crippen LogP contribution is -2.08. The van der Waals surface area contributed by atoms with Crippen LogP contribution in [0.25, 0.3) is 15.7 Å². The third-order valence-electron chi connectivity index (χ3n) is 4.54. The van der Waals surface area contributed by atoms with E-state index < -0.39 is 11.7 Å². The maximum absolute atomic E-state index is 14.4. The average molecular weight is 446 g/mol. The van der Waals surface area contributed by atoms with E-state index in [2.05, 4.69) is 32.3 Å². The van der Waals surface area contributed by atoms with Gasteiger partial charge in [-0.1, -0.05) is 6.58 Å². The topological polar surface area (TPSA) is 93.4 Å². The van der Waals surface area contributed by atoms with Gasteiger partial charge in [0.1, 0.15) is 5.52 Å². The van der Waals surface area contributed by atoms with Gasteiger partial charge in [-0.25, -0.2) is 13.9 Å². The van der Waals surface area contributed by atoms with Crippen LogP contribution in [0.4, 0.5) is 21.7 Å². The number of thiazole rings is 1. The molecule has 10 heteroatoms. The molecule has 2 aromatic carbocycles. The highest BCUT2D eigenvalue weighted by molar-refractivity contribution is 7.16. The van der Waals surface area contributed by atoms with E-state index in [1.165, 1.54) is 29.5 Å². The molecule has 0 unspecified atom stereocenters. The lowest BCUT2D eigenvalue weighted by Gasteiger charge is -2.12. The Bertz CT molecular complexity index is 1480. The van der Waals surface area contributed by atoms with Crippen molar-refractivity contribution in [1.29, 1.82) is 0 Å². The second kappa shape index (κ2) is 8.08. The van der Waals surface area contributed by atoms with Gasteiger partial charge in [0.25, 0.3) is 0 Å². The predicted molar refractivity (Wildman–Crippen MR) is 121 cm³/mol. The summed E-state index contributed by atoms with van der Waals surface area (Å²) in [6.45, 7) is 3.40. The van der Waals surface area contributed by atoms with Crippen LogP contribution < -0.4 is 15.4 Å². The van der Waals surface area contributed by atoms with E-state index in [0.29, 0.717) is 11.2 Å². The average Bonchev–Trinajstić information content (AvgIpc) is 3.45. The Morgan fingerprint density at radius 2 is 2.06 bits per heavy atom. The van der Waals surface area contributed by atoms with Crippen molar-refractivity contribution in [2.45, 2.75) is 0 Å². The molecular weight excluding hydrogens is 431 g/mol. The summed E-state index contributed by atoms with van der Waals surface area (Å²) in [5, 5.41) is 10.2. The van der Waals surface area contributed by atoms with Crippen LogP contribution in [-0.4, -0.2) is 25.5 Å². The number of nitrogens with zero attached hydrogens (tertiary/aromatic N) is 4. The lowest BCUT2D eigenvalue weighted by atomic mass is 10.3. The molecule has 8 nitrogen and oxygen atoms in total. The molecule has 0 aliphatic heterocycles. The summed E-state index contributed by atoms with van der Waals surface area (Å²) in [6.07, 6.45) is 2.86. The van der Waals surface area contributed by atoms with Crippen LogP contribution in [0.2, 0.25) is 0 Å². The Morgan fingerprint density at radius 3 is 2.94 bits per heavy atom. The van der Waals surface area contributed by atoms with Crippen molar-refractivity contribution in [3.8, 4) is 11.6 Å². The number of anilines is 3. The second-order valence-corrected chi connectivity index (χ2v) is 7.57. The van der Waals surface area contributed by atoms with Crippen molar-refractivity contribution < 1.29 is 13.9 Å². The van der Waals surface area contributed by atoms with E-state index in [1.807, 2.05) is 18.2 Å². The van der Waals surface area contributed by atoms with Crippen LogP contribution in [0, 0.1) is 5.82 Å². The molecule has 0 saturated carbocycles. The molecule has 0 bridgehead atoms. The molecule has 5 rings (SSSR count). The van der Waals surface area contributed by atoms with E-state index in [0.717, 1.165) is 22.0 Å². The lowest BCUT2D eigenvalue weighted by molar-refractivity contribution is -0.111. The highest BCUT2D eigenvalue weighted by Gasteiger charge is 2.14. The Hall–Kier alpha value is -4.31. The monoisotopic (exact) mass is 446 g/mol. The first-order chi connectivity index (χ1) is 15.6. The van der Waals surface area contributed by atoms with E-state index in [9.17, 15) is 9.18 Å². The number of nitrogens with one attached hydrogen (secondary N) is 2. The minimum absolute atomic E-state index is 0.0920. The first-order valence-electron chi connectivity index (χ1n) is 9.45. The van der Waals surface area contributed by atoms with E-state index in [-0.39, 0.29) is 17.6 Å². The van der Waals surface area contributed by atoms with Crippen molar-refractivity contribution in [2.75, 3.05) is 10.6 Å². The second-order valence-electron chi connectivity index (χ2n) is 6.68. The van der Waals surface area contributed by atoms with Gasteiger partial charge in [0, 0.05) is 23.6 Å². The Morgan fingerprint density at radius 1 is 1.19 bits per heavy atom. The van der Waals surface area contributed by atoms with Gasteiger partial charge in [0.2, 0.25) is 17.7 Å². The zero-order valence-electron chi connectivity index (χ0n) is 16.4. The van der Waals surface area contributed by atoms with Gasteiger partial charge in [-0.3, -0.25) is 4.79 Å². The van der Waals surface area contributed by atoms with E-state index >= 15 is 0 Å². The van der Waals surface area contributed by atoms with Gasteiger partial charge < -0.3 is 15.4 Å². The van der Waals surface area contributed by atoms with Crippen molar-refractivity contribution in [2.24, 2.45) is 0 Å². The normalized spacial score (nSPS) is 10.9. The molecule has 0 aliphatic rings. The zero-order chi connectivity index (χ0) is 22.1. The number of fused-ring (bicyclic) bond motifs is 2. The van der Waals surface area contributed by atoms with Crippen LogP contribution in [0.15, 0.2) is 72.9 Å². The van der Waals surface area contributed by atoms with Crippen LogP contribution in [0.5, 0.6) is 11.6 Å². The van der Waals surface area contributed by atoms with Gasteiger partial charge >= 0.3 is 0 Å². The van der Waals surface area contributed by atoms with Crippen LogP contribution in [0.3, 0.4) is 0 Å². The van der Waals surface area contributed by atoms with Gasteiger partial charge in [-0.05, 0) is 48.5 Å². The molecule has 32 heavy (non-hydrogen) atoms. The smallest absolute Gasteiger partial charge is 0.248 e. The number of carbonyl (C=O) groups is 1. The number of ether oxygens (including phenoxy) is 1. The molecule has 1 amide bonds. The maximum atomic E-state index is 14.4. The molecule has 0 saturated heterocycles. The molecule has 3 aromatic heterocycles. The summed E-state index contributed by atoms with van der Waals surface area (Å²) < 4.78 is 22.8. The fraction of sp³-hybridized carbons (Fsp3) is 0. The Kier molecular flexibility index (Phi) is 4.96. The minimum atomic E-state index is -0.602. The molecule has 0 fully saturated rings. The SMILES string of the molecule is C=CC(=O)Nc1ccc(F)c(Oc2nc(Nc3ccc4ncsc4c3)nn3cccc23)c1. The van der Waals surface area contributed by atoms with Gasteiger partial charge in [-0.15, -0.1) is 16.4 Å². The minimum Gasteiger partial charge on any atom is -0.434 e. The first kappa shape index (κ1) is 19.6. The number of hydrogen-bond donors (Lipinski definition) is 2. The molecule has 3 heterocycles. The fourth-order valence-corrected chi connectivity index (χ4v) is 3.77. The van der Waals surface area contributed by atoms with Gasteiger partial charge in [-0.2, -0.15) is 4.98 Å². The third kappa shape index (κ3) is 3.86. The molecule has 0 spiro atoms. The van der Waals surface area contributed by atoms with Crippen molar-refractivity contribution in [1.82, 2.24) is 19.6 Å². The maximum Gasteiger partial charge on any atom is 0.248 e. The highest BCUT2D eigenvalue weighted by atomic mass is 32.1. The fourth-order valence-electron chi connectivity index (χ4n) is 3.05. The first-order valence-corrected chi connectivity index (χ1v) is 10.3. The molecule has 2 N–H and O–H groups in total. The van der Waals surface area contributed by atoms with Crippen molar-refractivity contribution >= 4 is 50.3 Å².